The van der Waals surface area contributed by atoms with Gasteiger partial charge in [0.25, 0.3) is 0 Å². The van der Waals surface area contributed by atoms with Gasteiger partial charge in [-0.3, -0.25) is 19.2 Å². The number of fused-ring (bicyclic) bond motifs is 4. The van der Waals surface area contributed by atoms with Crippen molar-refractivity contribution in [3.63, 3.8) is 0 Å². The number of nitrogens with two attached hydrogens (primary N) is 2. The van der Waals surface area contributed by atoms with E-state index < -0.39 is 92.9 Å². The van der Waals surface area contributed by atoms with Gasteiger partial charge in [0.15, 0.2) is 0 Å². The molecule has 8 atom stereocenters. The summed E-state index contributed by atoms with van der Waals surface area (Å²) in [5, 5.41) is 66.1. The van der Waals surface area contributed by atoms with Crippen LogP contribution in [0.25, 0.3) is 21.5 Å². The van der Waals surface area contributed by atoms with E-state index in [4.69, 9.17) is 11.5 Å². The highest BCUT2D eigenvalue weighted by Gasteiger charge is 2.65. The third kappa shape index (κ3) is 10.4. The molecule has 4 amide bonds. The maximum absolute atomic E-state index is 12.3. The molecule has 10 rings (SSSR count). The smallest absolute Gasteiger partial charge is 0.339 e. The first-order valence-corrected chi connectivity index (χ1v) is 25.7. The lowest BCUT2D eigenvalue weighted by molar-refractivity contribution is -0.161. The van der Waals surface area contributed by atoms with Crippen molar-refractivity contribution in [1.29, 1.82) is 0 Å². The van der Waals surface area contributed by atoms with Crippen molar-refractivity contribution in [2.24, 2.45) is 11.5 Å². The summed E-state index contributed by atoms with van der Waals surface area (Å²) in [6, 6.07) is 29.5. The molecule has 0 saturated carbocycles. The fraction of sp³-hybridized carbons (Fsp3) is 0.273. The number of aromatic hydroxyl groups is 2. The number of aromatic carboxylic acids is 2. The number of β-lactam (4-membered cyclic amide) rings is 2. The minimum atomic E-state index is -1.28. The van der Waals surface area contributed by atoms with Gasteiger partial charge < -0.3 is 62.5 Å². The summed E-state index contributed by atoms with van der Waals surface area (Å²) in [5.41, 5.74) is 13.3. The van der Waals surface area contributed by atoms with Gasteiger partial charge in [0.1, 0.15) is 69.6 Å². The van der Waals surface area contributed by atoms with Crippen LogP contribution in [0.1, 0.15) is 82.7 Å². The summed E-state index contributed by atoms with van der Waals surface area (Å²) < 4.78 is -1.24. The number of hydrogen-bond donors (Lipinski definition) is 10. The second kappa shape index (κ2) is 21.4. The number of benzene rings is 6. The summed E-state index contributed by atoms with van der Waals surface area (Å²) in [5.74, 6) is -7.07. The quantitative estimate of drug-likeness (QED) is 0.0719. The number of amides is 4. The van der Waals surface area contributed by atoms with E-state index in [9.17, 15) is 69.0 Å². The molecule has 4 heterocycles. The third-order valence-corrected chi connectivity index (χ3v) is 17.0. The first kappa shape index (κ1) is 55.1. The lowest BCUT2D eigenvalue weighted by Gasteiger charge is -2.43. The minimum absolute atomic E-state index is 0.0407. The highest BCUT2D eigenvalue weighted by Crippen LogP contribution is 2.52. The van der Waals surface area contributed by atoms with E-state index in [1.54, 1.807) is 125 Å². The minimum Gasteiger partial charge on any atom is -0.507 e. The van der Waals surface area contributed by atoms with Crippen molar-refractivity contribution in [2.75, 3.05) is 0 Å². The molecule has 77 heavy (non-hydrogen) atoms. The monoisotopic (exact) mass is 1090 g/mol. The van der Waals surface area contributed by atoms with Crippen molar-refractivity contribution in [2.45, 2.75) is 90.6 Å². The standard InChI is InChI=1S/C23H16O6.2C16H19N3O4S/c24-20-16(14-7-3-1-5-12(14)9-18(20)22(26)27)11-17-15-8-4-2-6-13(15)10-19(21(17)25)23(28)29;2*1-16(2)11(15(22)23)19-13(21)10(14(19)24-16)18-12(20)9(17)8-6-4-3-5-7-8/h1-10,24-25H,11H2,(H,26,27)(H,28,29);2*3-7,9-11,14H,17H2,1-2H3,(H,18,20)(H,22,23)/t;2*9?,10-,11+,14-/m.11/s1. The largest absolute Gasteiger partial charge is 0.507 e. The Balaban J connectivity index is 0.000000154. The molecule has 0 spiro atoms. The Hall–Kier alpha value is -8.18. The average Bonchev–Trinajstić information content (AvgIpc) is 3.93. The molecule has 4 aliphatic rings. The number of hydrogen-bond acceptors (Lipinski definition) is 14. The van der Waals surface area contributed by atoms with Crippen LogP contribution in [0.15, 0.2) is 121 Å². The number of carboxylic acid groups (broad SMARTS) is 4. The molecule has 0 radical (unpaired) electrons. The van der Waals surface area contributed by atoms with Gasteiger partial charge >= 0.3 is 23.9 Å². The molecule has 22 heteroatoms. The molecule has 4 aliphatic heterocycles. The lowest BCUT2D eigenvalue weighted by atomic mass is 9.90. The summed E-state index contributed by atoms with van der Waals surface area (Å²) in [6.07, 6.45) is -0.0407. The summed E-state index contributed by atoms with van der Waals surface area (Å²) in [4.78, 5) is 98.1. The predicted octanol–water partition coefficient (Wildman–Crippen LogP) is 5.03. The van der Waals surface area contributed by atoms with Crippen LogP contribution in [0.5, 0.6) is 11.5 Å². The van der Waals surface area contributed by atoms with Crippen LogP contribution in [0.3, 0.4) is 0 Å². The van der Waals surface area contributed by atoms with Crippen LogP contribution < -0.4 is 22.1 Å². The first-order chi connectivity index (χ1) is 36.4. The topological polar surface area (TPSA) is 341 Å². The van der Waals surface area contributed by atoms with Gasteiger partial charge in [-0.05, 0) is 72.5 Å². The van der Waals surface area contributed by atoms with E-state index in [2.05, 4.69) is 10.6 Å². The zero-order chi connectivity index (χ0) is 56.0. The fourth-order valence-electron chi connectivity index (χ4n) is 10.1. The van der Waals surface area contributed by atoms with Gasteiger partial charge in [-0.1, -0.05) is 109 Å². The maximum atomic E-state index is 12.3. The molecular formula is C55H54N6O14S2. The van der Waals surface area contributed by atoms with Crippen molar-refractivity contribution in [1.82, 2.24) is 20.4 Å². The number of carbonyl (C=O) groups excluding carboxylic acids is 4. The number of nitrogens with one attached hydrogen (secondary N) is 2. The Morgan fingerprint density at radius 1 is 0.545 bits per heavy atom. The van der Waals surface area contributed by atoms with Crippen molar-refractivity contribution < 1.29 is 69.0 Å². The number of carbonyl (C=O) groups is 8. The van der Waals surface area contributed by atoms with Crippen LogP contribution in [-0.2, 0) is 35.2 Å². The molecule has 6 aromatic carbocycles. The summed E-state index contributed by atoms with van der Waals surface area (Å²) in [6.45, 7) is 7.15. The van der Waals surface area contributed by atoms with Gasteiger partial charge in [-0.25, -0.2) is 19.2 Å². The zero-order valence-electron chi connectivity index (χ0n) is 41.7. The highest BCUT2D eigenvalue weighted by atomic mass is 32.2. The van der Waals surface area contributed by atoms with Crippen LogP contribution in [-0.4, -0.2) is 132 Å². The van der Waals surface area contributed by atoms with Gasteiger partial charge in [0, 0.05) is 27.0 Å². The van der Waals surface area contributed by atoms with E-state index >= 15 is 0 Å². The number of rotatable bonds is 12. The van der Waals surface area contributed by atoms with Gasteiger partial charge in [0.05, 0.1) is 0 Å². The SMILES string of the molecule is CC1(C)S[C@@H]2[C@H](NC(=O)C(N)c3ccccc3)C(=O)N2[C@H]1C(=O)O.CC1(C)S[C@@H]2[C@H](NC(=O)C(N)c3ccccc3)C(=O)N2[C@H]1C(=O)O.O=C(O)c1cc2ccccc2c(Cc2c(O)c(C(=O)O)cc3ccccc23)c1O. The molecule has 12 N–H and O–H groups in total. The van der Waals surface area contributed by atoms with Crippen molar-refractivity contribution in [3.8, 4) is 11.5 Å². The van der Waals surface area contributed by atoms with E-state index in [0.717, 1.165) is 0 Å². The van der Waals surface area contributed by atoms with Crippen molar-refractivity contribution >= 4 is 92.6 Å². The Bertz CT molecular complexity index is 3160. The Labute approximate surface area is 448 Å². The number of nitrogens with zero attached hydrogens (tertiary/aromatic N) is 2. The Morgan fingerprint density at radius 2 is 0.870 bits per heavy atom. The molecule has 400 valence electrons. The molecule has 2 unspecified atom stereocenters. The molecular weight excluding hydrogens is 1030 g/mol. The van der Waals surface area contributed by atoms with E-state index in [-0.39, 0.29) is 40.1 Å². The number of aliphatic carboxylic acids is 2. The van der Waals surface area contributed by atoms with Crippen LogP contribution >= 0.6 is 23.5 Å². The fourth-order valence-corrected chi connectivity index (χ4v) is 13.3. The number of carboxylic acids is 4. The second-order valence-corrected chi connectivity index (χ2v) is 23.2. The molecule has 0 aliphatic carbocycles. The molecule has 4 fully saturated rings. The highest BCUT2D eigenvalue weighted by molar-refractivity contribution is 8.02. The van der Waals surface area contributed by atoms with E-state index in [1.807, 2.05) is 12.1 Å². The lowest BCUT2D eigenvalue weighted by Crippen LogP contribution is -2.71. The zero-order valence-corrected chi connectivity index (χ0v) is 43.3. The molecule has 4 saturated heterocycles. The van der Waals surface area contributed by atoms with Gasteiger partial charge in [-0.15, -0.1) is 23.5 Å². The molecule has 0 aromatic heterocycles. The second-order valence-electron chi connectivity index (χ2n) is 19.7. The summed E-state index contributed by atoms with van der Waals surface area (Å²) >= 11 is 2.77. The number of thioether (sulfide) groups is 2. The van der Waals surface area contributed by atoms with Crippen LogP contribution in [0, 0.1) is 0 Å². The first-order valence-electron chi connectivity index (χ1n) is 24.0. The molecule has 6 aromatic rings. The maximum Gasteiger partial charge on any atom is 0.339 e. The Kier molecular flexibility index (Phi) is 15.3. The number of phenols is 2. The van der Waals surface area contributed by atoms with Gasteiger partial charge in [-0.2, -0.15) is 0 Å². The molecule has 20 nitrogen and oxygen atoms in total. The normalized spacial score (nSPS) is 22.1. The van der Waals surface area contributed by atoms with Crippen molar-refractivity contribution in [3.05, 3.63) is 155 Å². The molecule has 0 bridgehead atoms. The average molecular weight is 1090 g/mol. The van der Waals surface area contributed by atoms with E-state index in [0.29, 0.717) is 43.8 Å². The summed E-state index contributed by atoms with van der Waals surface area (Å²) in [7, 11) is 0. The predicted molar refractivity (Wildman–Crippen MR) is 286 cm³/mol. The van der Waals surface area contributed by atoms with Gasteiger partial charge in [0.2, 0.25) is 23.6 Å². The van der Waals surface area contributed by atoms with Crippen LogP contribution in [0.2, 0.25) is 0 Å². The Morgan fingerprint density at radius 3 is 1.19 bits per heavy atom. The van der Waals surface area contributed by atoms with E-state index in [1.165, 1.54) is 45.5 Å². The van der Waals surface area contributed by atoms with Crippen LogP contribution in [0.4, 0.5) is 0 Å². The third-order valence-electron chi connectivity index (χ3n) is 13.9.